The van der Waals surface area contributed by atoms with Crippen LogP contribution < -0.4 is 0 Å². The molecule has 0 fully saturated rings. The Labute approximate surface area is 70.7 Å². The molecule has 0 N–H and O–H groups in total. The van der Waals surface area contributed by atoms with Crippen LogP contribution in [0.3, 0.4) is 0 Å². The van der Waals surface area contributed by atoms with Gasteiger partial charge in [-0.25, -0.2) is 0 Å². The van der Waals surface area contributed by atoms with Gasteiger partial charge in [-0.05, 0) is 11.1 Å². The number of allylic oxidation sites excluding steroid dienone is 2. The van der Waals surface area contributed by atoms with Crippen molar-refractivity contribution in [3.63, 3.8) is 0 Å². The van der Waals surface area contributed by atoms with Crippen LogP contribution in [0.15, 0.2) is 36.4 Å². The van der Waals surface area contributed by atoms with Crippen LogP contribution in [-0.2, 0) is 4.79 Å². The summed E-state index contributed by atoms with van der Waals surface area (Å²) in [5, 5.41) is 0. The highest BCUT2D eigenvalue weighted by Crippen LogP contribution is 2.44. The van der Waals surface area contributed by atoms with Crippen LogP contribution >= 0.6 is 0 Å². The number of rotatable bonds is 0. The highest BCUT2D eigenvalue weighted by molar-refractivity contribution is 6.02. The summed E-state index contributed by atoms with van der Waals surface area (Å²) in [6, 6.07) is 8.12. The summed E-state index contributed by atoms with van der Waals surface area (Å²) in [5.74, 6) is 0.508. The van der Waals surface area contributed by atoms with Crippen LogP contribution in [0.2, 0.25) is 0 Å². The van der Waals surface area contributed by atoms with Gasteiger partial charge in [-0.15, -0.1) is 0 Å². The summed E-state index contributed by atoms with van der Waals surface area (Å²) < 4.78 is 0. The fourth-order valence-electron chi connectivity index (χ4n) is 2.20. The SMILES string of the molecule is O=C1C2C=CC1c1ccccc12. The van der Waals surface area contributed by atoms with Gasteiger partial charge in [0.2, 0.25) is 0 Å². The molecule has 0 aliphatic heterocycles. The van der Waals surface area contributed by atoms with E-state index in [1.807, 2.05) is 24.3 Å². The number of benzene rings is 1. The number of fused-ring (bicyclic) bond motifs is 5. The molecule has 0 spiro atoms. The molecule has 2 atom stereocenters. The molecule has 2 unspecified atom stereocenters. The molecule has 0 heterocycles. The van der Waals surface area contributed by atoms with Crippen molar-refractivity contribution in [3.8, 4) is 0 Å². The number of carbonyl (C=O) groups excluding carboxylic acids is 1. The largest absolute Gasteiger partial charge is 0.298 e. The molecule has 0 amide bonds. The Morgan fingerprint density at radius 1 is 0.917 bits per heavy atom. The smallest absolute Gasteiger partial charge is 0.155 e. The summed E-state index contributed by atoms with van der Waals surface area (Å²) in [7, 11) is 0. The highest BCUT2D eigenvalue weighted by Gasteiger charge is 2.40. The van der Waals surface area contributed by atoms with E-state index in [2.05, 4.69) is 12.1 Å². The number of hydrogen-bond acceptors (Lipinski definition) is 1. The van der Waals surface area contributed by atoms with Crippen LogP contribution in [0, 0.1) is 0 Å². The topological polar surface area (TPSA) is 17.1 Å². The van der Waals surface area contributed by atoms with Crippen molar-refractivity contribution in [3.05, 3.63) is 47.5 Å². The van der Waals surface area contributed by atoms with Crippen molar-refractivity contribution in [1.29, 1.82) is 0 Å². The Hall–Kier alpha value is -1.37. The van der Waals surface area contributed by atoms with E-state index in [1.54, 1.807) is 0 Å². The second-order valence-electron chi connectivity index (χ2n) is 3.37. The third-order valence-corrected chi connectivity index (χ3v) is 2.78. The number of Topliss-reactive ketones (excluding diaryl/α,β-unsaturated/α-hetero) is 1. The van der Waals surface area contributed by atoms with E-state index >= 15 is 0 Å². The first-order valence-electron chi connectivity index (χ1n) is 4.19. The predicted octanol–water partition coefficient (Wildman–Crippen LogP) is 2.01. The van der Waals surface area contributed by atoms with E-state index in [1.165, 1.54) is 11.1 Å². The van der Waals surface area contributed by atoms with Crippen LogP contribution in [-0.4, -0.2) is 5.78 Å². The molecule has 3 rings (SSSR count). The molecule has 1 nitrogen and oxygen atoms in total. The molecule has 1 aromatic carbocycles. The lowest BCUT2D eigenvalue weighted by atomic mass is 9.97. The standard InChI is InChI=1S/C11H8O/c12-11-9-5-6-10(11)8-4-2-1-3-7(8)9/h1-6,9-10H. The maximum absolute atomic E-state index is 11.6. The average molecular weight is 156 g/mol. The molecule has 1 aromatic rings. The Balaban J connectivity index is 2.31. The second kappa shape index (κ2) is 1.86. The Morgan fingerprint density at radius 3 is 1.92 bits per heavy atom. The van der Waals surface area contributed by atoms with Gasteiger partial charge in [0.25, 0.3) is 0 Å². The minimum absolute atomic E-state index is 0.0752. The summed E-state index contributed by atoms with van der Waals surface area (Å²) in [4.78, 5) is 11.6. The zero-order valence-electron chi connectivity index (χ0n) is 6.53. The van der Waals surface area contributed by atoms with Gasteiger partial charge in [-0.3, -0.25) is 4.79 Å². The third-order valence-electron chi connectivity index (χ3n) is 2.78. The van der Waals surface area contributed by atoms with E-state index in [4.69, 9.17) is 0 Å². The van der Waals surface area contributed by atoms with Crippen LogP contribution in [0.4, 0.5) is 0 Å². The van der Waals surface area contributed by atoms with Gasteiger partial charge in [0.15, 0.2) is 5.78 Å². The maximum atomic E-state index is 11.6. The fourth-order valence-corrected chi connectivity index (χ4v) is 2.20. The van der Waals surface area contributed by atoms with Gasteiger partial charge in [-0.2, -0.15) is 0 Å². The summed E-state index contributed by atoms with van der Waals surface area (Å²) >= 11 is 0. The van der Waals surface area contributed by atoms with Crippen molar-refractivity contribution < 1.29 is 4.79 Å². The van der Waals surface area contributed by atoms with Gasteiger partial charge in [0.05, 0.1) is 11.8 Å². The Morgan fingerprint density at radius 2 is 1.42 bits per heavy atom. The summed E-state index contributed by atoms with van der Waals surface area (Å²) in [5.41, 5.74) is 2.44. The van der Waals surface area contributed by atoms with Crippen molar-refractivity contribution in [2.45, 2.75) is 11.8 Å². The molecule has 12 heavy (non-hydrogen) atoms. The normalized spacial score (nSPS) is 29.5. The molecule has 2 bridgehead atoms. The van der Waals surface area contributed by atoms with Crippen LogP contribution in [0.5, 0.6) is 0 Å². The summed E-state index contributed by atoms with van der Waals surface area (Å²) in [6.45, 7) is 0. The lowest BCUT2D eigenvalue weighted by Crippen LogP contribution is -2.00. The average Bonchev–Trinajstić information content (AvgIpc) is 2.61. The number of hydrogen-bond donors (Lipinski definition) is 0. The van der Waals surface area contributed by atoms with Gasteiger partial charge in [0, 0.05) is 0 Å². The Bertz CT molecular complexity index is 355. The van der Waals surface area contributed by atoms with Crippen molar-refractivity contribution >= 4 is 5.78 Å². The molecular formula is C11H8O. The Kier molecular flexibility index (Phi) is 0.959. The zero-order valence-corrected chi connectivity index (χ0v) is 6.53. The molecule has 0 saturated carbocycles. The molecular weight excluding hydrogens is 148 g/mol. The minimum Gasteiger partial charge on any atom is -0.298 e. The maximum Gasteiger partial charge on any atom is 0.155 e. The molecule has 58 valence electrons. The van der Waals surface area contributed by atoms with E-state index in [0.717, 1.165) is 0 Å². The molecule has 0 radical (unpaired) electrons. The first-order chi connectivity index (χ1) is 5.88. The van der Waals surface area contributed by atoms with Gasteiger partial charge < -0.3 is 0 Å². The summed E-state index contributed by atoms with van der Waals surface area (Å²) in [6.07, 6.45) is 4.05. The van der Waals surface area contributed by atoms with E-state index in [0.29, 0.717) is 5.78 Å². The van der Waals surface area contributed by atoms with Crippen molar-refractivity contribution in [1.82, 2.24) is 0 Å². The molecule has 2 aliphatic rings. The molecule has 1 heteroatoms. The molecule has 2 aliphatic carbocycles. The van der Waals surface area contributed by atoms with E-state index in [9.17, 15) is 4.79 Å². The zero-order chi connectivity index (χ0) is 8.13. The number of carbonyl (C=O) groups is 1. The second-order valence-corrected chi connectivity index (χ2v) is 3.37. The molecule has 0 aromatic heterocycles. The third kappa shape index (κ3) is 0.536. The lowest BCUT2D eigenvalue weighted by Gasteiger charge is -2.06. The van der Waals surface area contributed by atoms with Gasteiger partial charge in [-0.1, -0.05) is 36.4 Å². The number of ketones is 1. The molecule has 0 saturated heterocycles. The van der Waals surface area contributed by atoms with Crippen LogP contribution in [0.1, 0.15) is 23.0 Å². The first kappa shape index (κ1) is 6.18. The minimum atomic E-state index is 0.0752. The van der Waals surface area contributed by atoms with E-state index < -0.39 is 0 Å². The van der Waals surface area contributed by atoms with Crippen molar-refractivity contribution in [2.24, 2.45) is 0 Å². The van der Waals surface area contributed by atoms with Crippen LogP contribution in [0.25, 0.3) is 0 Å². The highest BCUT2D eigenvalue weighted by atomic mass is 16.1. The first-order valence-corrected chi connectivity index (χ1v) is 4.19. The quantitative estimate of drug-likeness (QED) is 0.525. The lowest BCUT2D eigenvalue weighted by molar-refractivity contribution is -0.118. The fraction of sp³-hybridized carbons (Fsp3) is 0.182. The van der Waals surface area contributed by atoms with Gasteiger partial charge >= 0.3 is 0 Å². The van der Waals surface area contributed by atoms with Gasteiger partial charge in [0.1, 0.15) is 0 Å². The van der Waals surface area contributed by atoms with Crippen molar-refractivity contribution in [2.75, 3.05) is 0 Å². The van der Waals surface area contributed by atoms with E-state index in [-0.39, 0.29) is 11.8 Å². The monoisotopic (exact) mass is 156 g/mol. The predicted molar refractivity (Wildman–Crippen MR) is 46.1 cm³/mol.